The first-order valence-electron chi connectivity index (χ1n) is 12.0. The van der Waals surface area contributed by atoms with Gasteiger partial charge in [0, 0.05) is 0 Å². The Bertz CT molecular complexity index is 504. The lowest BCUT2D eigenvalue weighted by molar-refractivity contribution is 0.209. The predicted octanol–water partition coefficient (Wildman–Crippen LogP) is 8.34. The van der Waals surface area contributed by atoms with Crippen LogP contribution in [-0.2, 0) is 6.42 Å². The summed E-state index contributed by atoms with van der Waals surface area (Å²) in [5.74, 6) is 3.88. The monoisotopic (exact) mass is 372 g/mol. The molecule has 0 nitrogen and oxygen atoms in total. The molecule has 0 heterocycles. The first kappa shape index (κ1) is 20.9. The number of halogens is 1. The molecule has 0 N–H and O–H groups in total. The summed E-state index contributed by atoms with van der Waals surface area (Å²) >= 11 is 0. The van der Waals surface area contributed by atoms with Gasteiger partial charge in [0.2, 0.25) is 0 Å². The fourth-order valence-corrected chi connectivity index (χ4v) is 5.60. The topological polar surface area (TPSA) is 0 Å². The molecule has 2 saturated carbocycles. The first-order chi connectivity index (χ1) is 13.2. The van der Waals surface area contributed by atoms with Crippen molar-refractivity contribution in [2.75, 3.05) is 0 Å². The van der Waals surface area contributed by atoms with Crippen LogP contribution in [0.5, 0.6) is 0 Å². The van der Waals surface area contributed by atoms with Gasteiger partial charge in [-0.15, -0.1) is 0 Å². The third-order valence-electron chi connectivity index (χ3n) is 7.64. The minimum absolute atomic E-state index is 0.117. The highest BCUT2D eigenvalue weighted by molar-refractivity contribution is 5.16. The van der Waals surface area contributed by atoms with E-state index in [1.54, 1.807) is 12.1 Å². The quantitative estimate of drug-likeness (QED) is 0.408. The number of rotatable bonds is 9. The standard InChI is InChI=1S/C26H41F/c1-2-3-4-21-5-7-22(8-6-21)9-10-23-11-13-24(14-12-23)15-16-25-17-19-26(27)20-18-25/h17-24H,2-16H2,1H3/t21-,22-,23-,24-. The number of benzene rings is 1. The zero-order valence-corrected chi connectivity index (χ0v) is 17.6. The smallest absolute Gasteiger partial charge is 0.123 e. The zero-order valence-electron chi connectivity index (χ0n) is 17.6. The number of aryl methyl sites for hydroxylation is 1. The summed E-state index contributed by atoms with van der Waals surface area (Å²) in [5, 5.41) is 0. The maximum Gasteiger partial charge on any atom is 0.123 e. The van der Waals surface area contributed by atoms with Gasteiger partial charge in [0.15, 0.2) is 0 Å². The largest absolute Gasteiger partial charge is 0.207 e. The zero-order chi connectivity index (χ0) is 18.9. The highest BCUT2D eigenvalue weighted by atomic mass is 19.1. The molecule has 1 heteroatoms. The van der Waals surface area contributed by atoms with Gasteiger partial charge in [-0.25, -0.2) is 4.39 Å². The maximum atomic E-state index is 13.0. The van der Waals surface area contributed by atoms with Crippen molar-refractivity contribution in [1.29, 1.82) is 0 Å². The molecule has 1 aromatic rings. The van der Waals surface area contributed by atoms with E-state index < -0.39 is 0 Å². The van der Waals surface area contributed by atoms with Crippen LogP contribution in [0.4, 0.5) is 4.39 Å². The second-order valence-corrected chi connectivity index (χ2v) is 9.66. The van der Waals surface area contributed by atoms with Crippen LogP contribution in [0, 0.1) is 29.5 Å². The molecule has 0 atom stereocenters. The van der Waals surface area contributed by atoms with Gasteiger partial charge in [-0.1, -0.05) is 103 Å². The van der Waals surface area contributed by atoms with Crippen LogP contribution in [0.2, 0.25) is 0 Å². The molecule has 0 saturated heterocycles. The van der Waals surface area contributed by atoms with Gasteiger partial charge in [-0.05, 0) is 54.2 Å². The Labute approximate surface area is 167 Å². The lowest BCUT2D eigenvalue weighted by Gasteiger charge is -2.32. The molecule has 0 radical (unpaired) electrons. The first-order valence-corrected chi connectivity index (χ1v) is 12.0. The molecule has 2 aliphatic rings. The lowest BCUT2D eigenvalue weighted by Crippen LogP contribution is -2.18. The van der Waals surface area contributed by atoms with E-state index in [9.17, 15) is 4.39 Å². The van der Waals surface area contributed by atoms with Crippen molar-refractivity contribution >= 4 is 0 Å². The van der Waals surface area contributed by atoms with E-state index >= 15 is 0 Å². The van der Waals surface area contributed by atoms with E-state index in [0.29, 0.717) is 0 Å². The van der Waals surface area contributed by atoms with Gasteiger partial charge in [0.05, 0.1) is 0 Å². The number of unbranched alkanes of at least 4 members (excludes halogenated alkanes) is 1. The summed E-state index contributed by atoms with van der Waals surface area (Å²) < 4.78 is 13.0. The van der Waals surface area contributed by atoms with Crippen LogP contribution >= 0.6 is 0 Å². The normalized spacial score (nSPS) is 29.0. The summed E-state index contributed by atoms with van der Waals surface area (Å²) in [6.07, 6.45) is 21.5. The molecule has 2 fully saturated rings. The summed E-state index contributed by atoms with van der Waals surface area (Å²) in [6.45, 7) is 2.32. The summed E-state index contributed by atoms with van der Waals surface area (Å²) in [4.78, 5) is 0. The molecule has 0 bridgehead atoms. The molecule has 0 unspecified atom stereocenters. The van der Waals surface area contributed by atoms with Crippen molar-refractivity contribution in [3.63, 3.8) is 0 Å². The SMILES string of the molecule is CCCC[C@H]1CC[C@H](CC[C@H]2CC[C@H](CCc3ccc(F)cc3)CC2)CC1. The minimum atomic E-state index is -0.117. The second kappa shape index (κ2) is 11.2. The van der Waals surface area contributed by atoms with Crippen LogP contribution < -0.4 is 0 Å². The molecule has 0 spiro atoms. The molecule has 1 aromatic carbocycles. The fourth-order valence-electron chi connectivity index (χ4n) is 5.60. The van der Waals surface area contributed by atoms with Crippen molar-refractivity contribution in [1.82, 2.24) is 0 Å². The van der Waals surface area contributed by atoms with Crippen LogP contribution in [0.25, 0.3) is 0 Å². The molecular formula is C26H41F. The average molecular weight is 373 g/mol. The Morgan fingerprint density at radius 2 is 1.11 bits per heavy atom. The van der Waals surface area contributed by atoms with E-state index in [1.165, 1.54) is 95.5 Å². The molecule has 0 aromatic heterocycles. The van der Waals surface area contributed by atoms with Crippen LogP contribution in [-0.4, -0.2) is 0 Å². The summed E-state index contributed by atoms with van der Waals surface area (Å²) in [7, 11) is 0. The Hall–Kier alpha value is -0.850. The van der Waals surface area contributed by atoms with Crippen molar-refractivity contribution < 1.29 is 4.39 Å². The third kappa shape index (κ3) is 7.24. The molecular weight excluding hydrogens is 331 g/mol. The predicted molar refractivity (Wildman–Crippen MR) is 114 cm³/mol. The number of hydrogen-bond acceptors (Lipinski definition) is 0. The van der Waals surface area contributed by atoms with Crippen LogP contribution in [0.15, 0.2) is 24.3 Å². The fraction of sp³-hybridized carbons (Fsp3) is 0.769. The highest BCUT2D eigenvalue weighted by Crippen LogP contribution is 2.38. The van der Waals surface area contributed by atoms with Crippen LogP contribution in [0.1, 0.15) is 102 Å². The third-order valence-corrected chi connectivity index (χ3v) is 7.64. The van der Waals surface area contributed by atoms with Gasteiger partial charge in [-0.3, -0.25) is 0 Å². The van der Waals surface area contributed by atoms with E-state index in [4.69, 9.17) is 0 Å². The van der Waals surface area contributed by atoms with Gasteiger partial charge in [0.25, 0.3) is 0 Å². The minimum Gasteiger partial charge on any atom is -0.207 e. The lowest BCUT2D eigenvalue weighted by atomic mass is 9.74. The summed E-state index contributed by atoms with van der Waals surface area (Å²) in [5.41, 5.74) is 1.30. The van der Waals surface area contributed by atoms with Crippen molar-refractivity contribution in [3.05, 3.63) is 35.6 Å². The Morgan fingerprint density at radius 1 is 0.667 bits per heavy atom. The second-order valence-electron chi connectivity index (χ2n) is 9.66. The van der Waals surface area contributed by atoms with E-state index in [1.807, 2.05) is 12.1 Å². The Morgan fingerprint density at radius 3 is 1.59 bits per heavy atom. The van der Waals surface area contributed by atoms with Gasteiger partial charge in [0.1, 0.15) is 5.82 Å². The van der Waals surface area contributed by atoms with Gasteiger partial charge >= 0.3 is 0 Å². The van der Waals surface area contributed by atoms with E-state index in [2.05, 4.69) is 6.92 Å². The summed E-state index contributed by atoms with van der Waals surface area (Å²) in [6, 6.07) is 7.11. The molecule has 3 rings (SSSR count). The van der Waals surface area contributed by atoms with E-state index in [-0.39, 0.29) is 5.82 Å². The maximum absolute atomic E-state index is 13.0. The highest BCUT2D eigenvalue weighted by Gasteiger charge is 2.24. The molecule has 0 amide bonds. The number of hydrogen-bond donors (Lipinski definition) is 0. The van der Waals surface area contributed by atoms with Crippen molar-refractivity contribution in [2.45, 2.75) is 103 Å². The molecule has 2 aliphatic carbocycles. The van der Waals surface area contributed by atoms with Crippen molar-refractivity contribution in [2.24, 2.45) is 23.7 Å². The Kier molecular flexibility index (Phi) is 8.68. The van der Waals surface area contributed by atoms with Crippen molar-refractivity contribution in [3.8, 4) is 0 Å². The van der Waals surface area contributed by atoms with E-state index in [0.717, 1.165) is 30.1 Å². The molecule has 0 aliphatic heterocycles. The molecule has 27 heavy (non-hydrogen) atoms. The average Bonchev–Trinajstić information content (AvgIpc) is 2.72. The molecule has 152 valence electrons. The van der Waals surface area contributed by atoms with Gasteiger partial charge in [-0.2, -0.15) is 0 Å². The van der Waals surface area contributed by atoms with Gasteiger partial charge < -0.3 is 0 Å². The van der Waals surface area contributed by atoms with Crippen LogP contribution in [0.3, 0.4) is 0 Å². The Balaban J connectivity index is 1.26.